The van der Waals surface area contributed by atoms with Gasteiger partial charge >= 0.3 is 0 Å². The molecule has 1 aliphatic heterocycles. The van der Waals surface area contributed by atoms with Crippen LogP contribution in [0.3, 0.4) is 0 Å². The molecular weight excluding hydrogens is 278 g/mol. The van der Waals surface area contributed by atoms with Crippen molar-refractivity contribution in [3.8, 4) is 0 Å². The van der Waals surface area contributed by atoms with Gasteiger partial charge in [-0.25, -0.2) is 4.98 Å². The molecule has 0 unspecified atom stereocenters. The average Bonchev–Trinajstić information content (AvgIpc) is 2.57. The molecule has 0 aromatic carbocycles. The summed E-state index contributed by atoms with van der Waals surface area (Å²) in [6.07, 6.45) is 8.29. The third-order valence-electron chi connectivity index (χ3n) is 4.43. The fraction of sp³-hybridized carbons (Fsp3) is 0.750. The highest BCUT2D eigenvalue weighted by Gasteiger charge is 2.14. The quantitative estimate of drug-likeness (QED) is 0.838. The molecule has 1 saturated heterocycles. The number of anilines is 2. The Bertz CT molecular complexity index is 444. The first-order valence-corrected chi connectivity index (χ1v) is 8.54. The monoisotopic (exact) mass is 305 g/mol. The van der Waals surface area contributed by atoms with Crippen LogP contribution >= 0.6 is 0 Å². The molecule has 1 saturated carbocycles. The first-order chi connectivity index (χ1) is 10.9. The van der Waals surface area contributed by atoms with E-state index in [2.05, 4.69) is 25.5 Å². The number of hydrogen-bond donors (Lipinski definition) is 2. The number of ether oxygens (including phenoxy) is 1. The lowest BCUT2D eigenvalue weighted by molar-refractivity contribution is 0.0398. The summed E-state index contributed by atoms with van der Waals surface area (Å²) in [7, 11) is 0. The van der Waals surface area contributed by atoms with Crippen LogP contribution in [0.25, 0.3) is 0 Å². The lowest BCUT2D eigenvalue weighted by Crippen LogP contribution is -2.39. The van der Waals surface area contributed by atoms with E-state index < -0.39 is 0 Å². The van der Waals surface area contributed by atoms with Crippen molar-refractivity contribution in [3.63, 3.8) is 0 Å². The maximum atomic E-state index is 5.36. The van der Waals surface area contributed by atoms with Gasteiger partial charge in [-0.2, -0.15) is 4.98 Å². The minimum atomic E-state index is 0.539. The topological polar surface area (TPSA) is 62.3 Å². The van der Waals surface area contributed by atoms with E-state index in [0.29, 0.717) is 6.04 Å². The van der Waals surface area contributed by atoms with Gasteiger partial charge in [0, 0.05) is 38.4 Å². The van der Waals surface area contributed by atoms with Gasteiger partial charge in [-0.15, -0.1) is 0 Å². The fourth-order valence-corrected chi connectivity index (χ4v) is 3.12. The minimum absolute atomic E-state index is 0.539. The van der Waals surface area contributed by atoms with Gasteiger partial charge in [0.15, 0.2) is 0 Å². The minimum Gasteiger partial charge on any atom is -0.379 e. The van der Waals surface area contributed by atoms with Gasteiger partial charge in [0.25, 0.3) is 0 Å². The van der Waals surface area contributed by atoms with E-state index in [1.807, 2.05) is 12.3 Å². The zero-order valence-electron chi connectivity index (χ0n) is 13.3. The Labute approximate surface area is 132 Å². The molecule has 0 radical (unpaired) electrons. The van der Waals surface area contributed by atoms with Crippen LogP contribution in [0.15, 0.2) is 12.3 Å². The fourth-order valence-electron chi connectivity index (χ4n) is 3.12. The zero-order valence-corrected chi connectivity index (χ0v) is 13.3. The molecule has 1 aliphatic carbocycles. The maximum absolute atomic E-state index is 5.36. The SMILES string of the molecule is c1cc(NCCN2CCOCC2)nc(NC2CCCCC2)n1. The van der Waals surface area contributed by atoms with Crippen molar-refractivity contribution >= 4 is 11.8 Å². The van der Waals surface area contributed by atoms with Crippen molar-refractivity contribution in [2.75, 3.05) is 50.0 Å². The van der Waals surface area contributed by atoms with Crippen molar-refractivity contribution in [2.24, 2.45) is 0 Å². The Morgan fingerprint density at radius 2 is 2.00 bits per heavy atom. The Morgan fingerprint density at radius 3 is 2.82 bits per heavy atom. The molecule has 2 N–H and O–H groups in total. The normalized spacial score (nSPS) is 20.7. The molecule has 3 rings (SSSR count). The highest BCUT2D eigenvalue weighted by Crippen LogP contribution is 2.20. The van der Waals surface area contributed by atoms with Crippen LogP contribution in [0.5, 0.6) is 0 Å². The van der Waals surface area contributed by atoms with E-state index in [9.17, 15) is 0 Å². The van der Waals surface area contributed by atoms with E-state index in [4.69, 9.17) is 4.74 Å². The second kappa shape index (κ2) is 8.29. The summed E-state index contributed by atoms with van der Waals surface area (Å²) in [5, 5.41) is 6.87. The van der Waals surface area contributed by atoms with E-state index in [-0.39, 0.29) is 0 Å². The van der Waals surface area contributed by atoms with Crippen molar-refractivity contribution < 1.29 is 4.74 Å². The highest BCUT2D eigenvalue weighted by atomic mass is 16.5. The van der Waals surface area contributed by atoms with Gasteiger partial charge in [0.2, 0.25) is 5.95 Å². The van der Waals surface area contributed by atoms with Crippen molar-refractivity contribution in [1.29, 1.82) is 0 Å². The molecule has 6 nitrogen and oxygen atoms in total. The first kappa shape index (κ1) is 15.5. The summed E-state index contributed by atoms with van der Waals surface area (Å²) in [6.45, 7) is 5.68. The summed E-state index contributed by atoms with van der Waals surface area (Å²) in [5.74, 6) is 1.66. The molecule has 0 atom stereocenters. The number of nitrogens with zero attached hydrogens (tertiary/aromatic N) is 3. The molecule has 2 fully saturated rings. The number of aromatic nitrogens is 2. The van der Waals surface area contributed by atoms with Gasteiger partial charge < -0.3 is 15.4 Å². The van der Waals surface area contributed by atoms with Gasteiger partial charge in [-0.05, 0) is 18.9 Å². The molecule has 6 heteroatoms. The van der Waals surface area contributed by atoms with E-state index in [1.165, 1.54) is 32.1 Å². The Kier molecular flexibility index (Phi) is 5.84. The van der Waals surface area contributed by atoms with Gasteiger partial charge in [0.05, 0.1) is 13.2 Å². The molecule has 2 aliphatic rings. The van der Waals surface area contributed by atoms with E-state index in [0.717, 1.165) is 51.2 Å². The molecule has 2 heterocycles. The van der Waals surface area contributed by atoms with E-state index in [1.54, 1.807) is 0 Å². The molecular formula is C16H27N5O. The third-order valence-corrected chi connectivity index (χ3v) is 4.43. The lowest BCUT2D eigenvalue weighted by Gasteiger charge is -2.26. The number of morpholine rings is 1. The maximum Gasteiger partial charge on any atom is 0.224 e. The predicted molar refractivity (Wildman–Crippen MR) is 88.3 cm³/mol. The smallest absolute Gasteiger partial charge is 0.224 e. The second-order valence-electron chi connectivity index (χ2n) is 6.13. The van der Waals surface area contributed by atoms with Crippen molar-refractivity contribution in [2.45, 2.75) is 38.1 Å². The van der Waals surface area contributed by atoms with Crippen LogP contribution in [0.4, 0.5) is 11.8 Å². The van der Waals surface area contributed by atoms with Crippen molar-refractivity contribution in [3.05, 3.63) is 12.3 Å². The van der Waals surface area contributed by atoms with Crippen molar-refractivity contribution in [1.82, 2.24) is 14.9 Å². The van der Waals surface area contributed by atoms with Crippen LogP contribution in [-0.4, -0.2) is 60.3 Å². The first-order valence-electron chi connectivity index (χ1n) is 8.54. The molecule has 22 heavy (non-hydrogen) atoms. The molecule has 1 aromatic heterocycles. The number of hydrogen-bond acceptors (Lipinski definition) is 6. The molecule has 1 aromatic rings. The van der Waals surface area contributed by atoms with E-state index >= 15 is 0 Å². The van der Waals surface area contributed by atoms with Crippen LogP contribution in [0.1, 0.15) is 32.1 Å². The van der Waals surface area contributed by atoms with Gasteiger partial charge in [-0.3, -0.25) is 4.90 Å². The van der Waals surface area contributed by atoms with Crippen LogP contribution in [0.2, 0.25) is 0 Å². The Hall–Kier alpha value is -1.40. The number of rotatable bonds is 6. The molecule has 0 spiro atoms. The summed E-state index contributed by atoms with van der Waals surface area (Å²) >= 11 is 0. The number of nitrogens with one attached hydrogen (secondary N) is 2. The van der Waals surface area contributed by atoms with Gasteiger partial charge in [-0.1, -0.05) is 19.3 Å². The van der Waals surface area contributed by atoms with Crippen LogP contribution < -0.4 is 10.6 Å². The Balaban J connectivity index is 1.43. The van der Waals surface area contributed by atoms with Crippen LogP contribution in [-0.2, 0) is 4.74 Å². The highest BCUT2D eigenvalue weighted by molar-refractivity contribution is 5.40. The molecule has 0 amide bonds. The summed E-state index contributed by atoms with van der Waals surface area (Å²) in [6, 6.07) is 2.48. The lowest BCUT2D eigenvalue weighted by atomic mass is 9.96. The zero-order chi connectivity index (χ0) is 15.0. The average molecular weight is 305 g/mol. The predicted octanol–water partition coefficient (Wildman–Crippen LogP) is 1.97. The Morgan fingerprint density at radius 1 is 1.18 bits per heavy atom. The van der Waals surface area contributed by atoms with Crippen LogP contribution in [0, 0.1) is 0 Å². The third kappa shape index (κ3) is 4.81. The molecule has 0 bridgehead atoms. The standard InChI is InChI=1S/C16H27N5O/c1-2-4-14(5-3-1)19-16-18-7-6-15(20-16)17-8-9-21-10-12-22-13-11-21/h6-7,14H,1-5,8-13H2,(H2,17,18,19,20). The summed E-state index contributed by atoms with van der Waals surface area (Å²) in [4.78, 5) is 11.3. The van der Waals surface area contributed by atoms with Gasteiger partial charge in [0.1, 0.15) is 5.82 Å². The molecule has 122 valence electrons. The summed E-state index contributed by atoms with van der Waals surface area (Å²) in [5.41, 5.74) is 0. The largest absolute Gasteiger partial charge is 0.379 e. The second-order valence-corrected chi connectivity index (χ2v) is 6.13. The summed E-state index contributed by atoms with van der Waals surface area (Å²) < 4.78 is 5.36.